The molecular weight excluding hydrogens is 726 g/mol. The van der Waals surface area contributed by atoms with Gasteiger partial charge in [-0.3, -0.25) is 14.4 Å². The van der Waals surface area contributed by atoms with Crippen molar-refractivity contribution in [2.75, 3.05) is 25.1 Å². The summed E-state index contributed by atoms with van der Waals surface area (Å²) in [7, 11) is 0. The molecule has 1 N–H and O–H groups in total. The molecule has 0 saturated carbocycles. The van der Waals surface area contributed by atoms with Gasteiger partial charge in [-0.15, -0.1) is 0 Å². The number of benzene rings is 2. The quantitative estimate of drug-likeness (QED) is 0.271. The number of carbonyl (C=O) groups excluding carboxylic acids is 3. The van der Waals surface area contributed by atoms with Gasteiger partial charge in [-0.2, -0.15) is 0 Å². The maximum Gasteiger partial charge on any atom is 0.262 e. The van der Waals surface area contributed by atoms with Gasteiger partial charge in [-0.25, -0.2) is 0 Å². The standard InChI is InChI=1S/C35H39Cl2IN2O5/c1-7-40-24-14-34(3,4)16-26(41)31(24)30(32-25(40)15-35(5,6)17-27(32)42)19-11-23(38)33(28(12-19)44-8-2)45-18-29(43)39-20-9-10-21(36)22(37)13-20/h9-13,30H,7-8,14-18H2,1-6H3,(H,39,43). The zero-order chi connectivity index (χ0) is 32.8. The zero-order valence-electron chi connectivity index (χ0n) is 26.5. The predicted octanol–water partition coefficient (Wildman–Crippen LogP) is 8.72. The molecule has 0 fully saturated rings. The Morgan fingerprint density at radius 3 is 2.04 bits per heavy atom. The van der Waals surface area contributed by atoms with Crippen LogP contribution in [0.5, 0.6) is 11.5 Å². The molecule has 1 amide bonds. The summed E-state index contributed by atoms with van der Waals surface area (Å²) in [6.45, 7) is 13.3. The van der Waals surface area contributed by atoms with E-state index in [9.17, 15) is 14.4 Å². The number of amides is 1. The number of ether oxygens (including phenoxy) is 2. The number of carbonyl (C=O) groups is 3. The Morgan fingerprint density at radius 2 is 1.51 bits per heavy atom. The van der Waals surface area contributed by atoms with Crippen molar-refractivity contribution in [1.82, 2.24) is 4.90 Å². The third-order valence-corrected chi connectivity index (χ3v) is 10.1. The molecule has 7 nitrogen and oxygen atoms in total. The molecule has 1 heterocycles. The number of Topliss-reactive ketones (excluding diaryl/α,β-unsaturated/α-hetero) is 2. The molecule has 240 valence electrons. The molecule has 5 rings (SSSR count). The number of anilines is 1. The number of ketones is 2. The van der Waals surface area contributed by atoms with Crippen molar-refractivity contribution in [3.8, 4) is 11.5 Å². The normalized spacial score (nSPS) is 19.4. The van der Waals surface area contributed by atoms with Gasteiger partial charge in [0.2, 0.25) is 0 Å². The molecular formula is C35H39Cl2IN2O5. The van der Waals surface area contributed by atoms with Crippen LogP contribution in [-0.4, -0.2) is 42.1 Å². The summed E-state index contributed by atoms with van der Waals surface area (Å²) in [5, 5.41) is 3.49. The summed E-state index contributed by atoms with van der Waals surface area (Å²) < 4.78 is 12.8. The SMILES string of the molecule is CCOc1cc(C2C3=C(CC(C)(C)CC3=O)N(CC)C3=C2C(=O)CC(C)(C)C3)cc(I)c1OCC(=O)Nc1ccc(Cl)c(Cl)c1. The number of allylic oxidation sites excluding steroid dienone is 4. The summed E-state index contributed by atoms with van der Waals surface area (Å²) in [5.74, 6) is 0.174. The van der Waals surface area contributed by atoms with Crippen molar-refractivity contribution < 1.29 is 23.9 Å². The lowest BCUT2D eigenvalue weighted by Gasteiger charge is -2.49. The van der Waals surface area contributed by atoms with Gasteiger partial charge in [0.05, 0.1) is 20.2 Å². The summed E-state index contributed by atoms with van der Waals surface area (Å²) in [5.41, 5.74) is 4.45. The van der Waals surface area contributed by atoms with Gasteiger partial charge in [-0.05, 0) is 96.0 Å². The first-order valence-electron chi connectivity index (χ1n) is 15.3. The fraction of sp³-hybridized carbons (Fsp3) is 0.457. The number of rotatable bonds is 8. The Kier molecular flexibility index (Phi) is 9.70. The number of hydrogen-bond donors (Lipinski definition) is 1. The molecule has 0 aromatic heterocycles. The van der Waals surface area contributed by atoms with Gasteiger partial charge in [-0.1, -0.05) is 50.9 Å². The minimum absolute atomic E-state index is 0.0844. The highest BCUT2D eigenvalue weighted by Crippen LogP contribution is 2.55. The first kappa shape index (κ1) is 33.8. The second kappa shape index (κ2) is 12.9. The number of nitrogens with one attached hydrogen (secondary N) is 1. The fourth-order valence-electron chi connectivity index (χ4n) is 6.83. The smallest absolute Gasteiger partial charge is 0.262 e. The monoisotopic (exact) mass is 764 g/mol. The van der Waals surface area contributed by atoms with E-state index in [-0.39, 0.29) is 34.9 Å². The second-order valence-electron chi connectivity index (χ2n) is 13.5. The van der Waals surface area contributed by atoms with Crippen LogP contribution in [0.1, 0.15) is 78.7 Å². The van der Waals surface area contributed by atoms with E-state index in [1.54, 1.807) is 18.2 Å². The fourth-order valence-corrected chi connectivity index (χ4v) is 7.91. The van der Waals surface area contributed by atoms with E-state index in [1.807, 2.05) is 19.1 Å². The maximum atomic E-state index is 14.0. The summed E-state index contributed by atoms with van der Waals surface area (Å²) in [4.78, 5) is 43.0. The second-order valence-corrected chi connectivity index (χ2v) is 15.5. The minimum atomic E-state index is -0.496. The van der Waals surface area contributed by atoms with Crippen LogP contribution in [0.25, 0.3) is 0 Å². The van der Waals surface area contributed by atoms with Crippen LogP contribution >= 0.6 is 45.8 Å². The molecule has 3 aliphatic rings. The van der Waals surface area contributed by atoms with Crippen LogP contribution in [0.2, 0.25) is 10.0 Å². The predicted molar refractivity (Wildman–Crippen MR) is 186 cm³/mol. The Bertz CT molecular complexity index is 1590. The van der Waals surface area contributed by atoms with Gasteiger partial charge < -0.3 is 19.7 Å². The van der Waals surface area contributed by atoms with E-state index in [0.717, 1.165) is 40.9 Å². The van der Waals surface area contributed by atoms with Crippen molar-refractivity contribution in [3.63, 3.8) is 0 Å². The van der Waals surface area contributed by atoms with Crippen LogP contribution < -0.4 is 14.8 Å². The van der Waals surface area contributed by atoms with Gasteiger partial charge in [0, 0.05) is 53.5 Å². The highest BCUT2D eigenvalue weighted by molar-refractivity contribution is 14.1. The Morgan fingerprint density at radius 1 is 0.911 bits per heavy atom. The number of hydrogen-bond acceptors (Lipinski definition) is 6. The molecule has 1 aliphatic heterocycles. The molecule has 0 radical (unpaired) electrons. The third kappa shape index (κ3) is 6.93. The molecule has 45 heavy (non-hydrogen) atoms. The molecule has 0 spiro atoms. The van der Waals surface area contributed by atoms with Crippen molar-refractivity contribution in [2.24, 2.45) is 10.8 Å². The Hall–Kier alpha value is -2.56. The van der Waals surface area contributed by atoms with Crippen LogP contribution in [0.4, 0.5) is 5.69 Å². The lowest BCUT2D eigenvalue weighted by molar-refractivity contribution is -0.120. The molecule has 0 bridgehead atoms. The van der Waals surface area contributed by atoms with Gasteiger partial charge in [0.25, 0.3) is 5.91 Å². The number of nitrogens with zero attached hydrogens (tertiary/aromatic N) is 1. The van der Waals surface area contributed by atoms with Crippen molar-refractivity contribution >= 4 is 69.0 Å². The van der Waals surface area contributed by atoms with Gasteiger partial charge in [0.1, 0.15) is 0 Å². The summed E-state index contributed by atoms with van der Waals surface area (Å²) in [6, 6.07) is 8.67. The van der Waals surface area contributed by atoms with E-state index in [1.165, 1.54) is 0 Å². The number of halogens is 3. The average Bonchev–Trinajstić information content (AvgIpc) is 2.92. The van der Waals surface area contributed by atoms with Crippen LogP contribution in [0.15, 0.2) is 52.9 Å². The van der Waals surface area contributed by atoms with E-state index in [2.05, 4.69) is 67.4 Å². The lowest BCUT2D eigenvalue weighted by Crippen LogP contribution is -2.44. The molecule has 2 aliphatic carbocycles. The highest BCUT2D eigenvalue weighted by atomic mass is 127. The van der Waals surface area contributed by atoms with E-state index >= 15 is 0 Å². The average molecular weight is 766 g/mol. The van der Waals surface area contributed by atoms with Crippen LogP contribution in [0, 0.1) is 14.4 Å². The van der Waals surface area contributed by atoms with E-state index in [4.69, 9.17) is 32.7 Å². The minimum Gasteiger partial charge on any atom is -0.490 e. The largest absolute Gasteiger partial charge is 0.490 e. The molecule has 0 saturated heterocycles. The molecule has 0 atom stereocenters. The van der Waals surface area contributed by atoms with Crippen molar-refractivity contribution in [1.29, 1.82) is 0 Å². The van der Waals surface area contributed by atoms with E-state index in [0.29, 0.717) is 56.8 Å². The third-order valence-electron chi connectivity index (χ3n) is 8.55. The van der Waals surface area contributed by atoms with Crippen LogP contribution in [-0.2, 0) is 14.4 Å². The van der Waals surface area contributed by atoms with Crippen molar-refractivity contribution in [2.45, 2.75) is 73.1 Å². The molecule has 2 aromatic carbocycles. The topological polar surface area (TPSA) is 84.9 Å². The molecule has 10 heteroatoms. The summed E-state index contributed by atoms with van der Waals surface area (Å²) in [6.07, 6.45) is 2.36. The molecule has 2 aromatic rings. The Labute approximate surface area is 288 Å². The highest BCUT2D eigenvalue weighted by Gasteiger charge is 2.48. The lowest BCUT2D eigenvalue weighted by atomic mass is 9.63. The first-order chi connectivity index (χ1) is 21.1. The Balaban J connectivity index is 1.55. The summed E-state index contributed by atoms with van der Waals surface area (Å²) >= 11 is 14.3. The van der Waals surface area contributed by atoms with Gasteiger partial charge >= 0.3 is 0 Å². The van der Waals surface area contributed by atoms with Gasteiger partial charge in [0.15, 0.2) is 29.7 Å². The van der Waals surface area contributed by atoms with E-state index < -0.39 is 5.92 Å². The van der Waals surface area contributed by atoms with Crippen LogP contribution in [0.3, 0.4) is 0 Å². The maximum absolute atomic E-state index is 14.0. The molecule has 0 unspecified atom stereocenters. The zero-order valence-corrected chi connectivity index (χ0v) is 30.2. The first-order valence-corrected chi connectivity index (χ1v) is 17.1. The van der Waals surface area contributed by atoms with Crippen molar-refractivity contribution in [3.05, 3.63) is 72.1 Å².